The molecule has 0 atom stereocenters. The molecule has 0 aliphatic carbocycles. The van der Waals surface area contributed by atoms with E-state index in [0.717, 1.165) is 4.57 Å². The molecule has 0 N–H and O–H groups in total. The van der Waals surface area contributed by atoms with E-state index in [1.807, 2.05) is 6.92 Å². The summed E-state index contributed by atoms with van der Waals surface area (Å²) in [5.74, 6) is 0.138. The third-order valence-corrected chi connectivity index (χ3v) is 2.47. The molecule has 2 aromatic rings. The van der Waals surface area contributed by atoms with E-state index in [1.54, 1.807) is 30.4 Å². The molecular formula is C13H12N4O2. The Morgan fingerprint density at radius 1 is 1.42 bits per heavy atom. The van der Waals surface area contributed by atoms with Crippen LogP contribution in [0.5, 0.6) is 0 Å². The fraction of sp³-hybridized carbons (Fsp3) is 0.0769. The van der Waals surface area contributed by atoms with Crippen LogP contribution in [0.15, 0.2) is 57.2 Å². The molecule has 0 amide bonds. The van der Waals surface area contributed by atoms with Gasteiger partial charge in [0.15, 0.2) is 0 Å². The molecule has 0 aliphatic rings. The van der Waals surface area contributed by atoms with Gasteiger partial charge in [-0.3, -0.25) is 4.40 Å². The molecule has 0 spiro atoms. The lowest BCUT2D eigenvalue weighted by Crippen LogP contribution is -2.38. The summed E-state index contributed by atoms with van der Waals surface area (Å²) in [7, 11) is 0. The van der Waals surface area contributed by atoms with E-state index in [-0.39, 0.29) is 5.82 Å². The largest absolute Gasteiger partial charge is 0.359 e. The van der Waals surface area contributed by atoms with Gasteiger partial charge in [0.2, 0.25) is 0 Å². The summed E-state index contributed by atoms with van der Waals surface area (Å²) in [6.07, 6.45) is 6.47. The molecule has 0 fully saturated rings. The first-order valence-electron chi connectivity index (χ1n) is 5.59. The molecule has 0 unspecified atom stereocenters. The second-order valence-corrected chi connectivity index (χ2v) is 3.65. The van der Waals surface area contributed by atoms with E-state index < -0.39 is 11.4 Å². The first-order valence-corrected chi connectivity index (χ1v) is 5.59. The zero-order chi connectivity index (χ0) is 13.8. The molecule has 0 saturated heterocycles. The monoisotopic (exact) mass is 256 g/mol. The number of aromatic nitrogens is 3. The molecule has 0 bridgehead atoms. The summed E-state index contributed by atoms with van der Waals surface area (Å²) in [4.78, 5) is 31.7. The van der Waals surface area contributed by atoms with Crippen molar-refractivity contribution in [2.45, 2.75) is 6.92 Å². The maximum absolute atomic E-state index is 12.2. The van der Waals surface area contributed by atoms with Crippen molar-refractivity contribution in [1.82, 2.24) is 14.0 Å². The van der Waals surface area contributed by atoms with Crippen molar-refractivity contribution in [3.8, 4) is 0 Å². The minimum absolute atomic E-state index is 0.138. The van der Waals surface area contributed by atoms with E-state index in [4.69, 9.17) is 0 Å². The maximum Gasteiger partial charge on any atom is 0.359 e. The van der Waals surface area contributed by atoms with Crippen LogP contribution in [0.4, 0.5) is 0 Å². The van der Waals surface area contributed by atoms with Crippen molar-refractivity contribution in [3.63, 3.8) is 0 Å². The predicted molar refractivity (Wildman–Crippen MR) is 74.4 cm³/mol. The van der Waals surface area contributed by atoms with Crippen molar-refractivity contribution in [2.24, 2.45) is 4.99 Å². The van der Waals surface area contributed by atoms with Gasteiger partial charge >= 0.3 is 11.4 Å². The summed E-state index contributed by atoms with van der Waals surface area (Å²) in [6, 6.07) is 4.97. The lowest BCUT2D eigenvalue weighted by molar-refractivity contribution is 0.800. The highest BCUT2D eigenvalue weighted by atomic mass is 16.2. The van der Waals surface area contributed by atoms with Crippen LogP contribution in [0.1, 0.15) is 6.92 Å². The Balaban J connectivity index is 2.84. The van der Waals surface area contributed by atoms with Gasteiger partial charge in [0, 0.05) is 6.20 Å². The highest BCUT2D eigenvalue weighted by Crippen LogP contribution is 2.00. The molecule has 6 nitrogen and oxygen atoms in total. The summed E-state index contributed by atoms with van der Waals surface area (Å²) < 4.78 is 2.15. The molecule has 6 heteroatoms. The van der Waals surface area contributed by atoms with Crippen LogP contribution in [0, 0.1) is 0 Å². The third kappa shape index (κ3) is 2.28. The number of rotatable bonds is 3. The van der Waals surface area contributed by atoms with Crippen LogP contribution < -0.4 is 11.4 Å². The molecule has 0 aromatic carbocycles. The van der Waals surface area contributed by atoms with Gasteiger partial charge in [-0.05, 0) is 31.9 Å². The molecular weight excluding hydrogens is 244 g/mol. The Labute approximate surface area is 108 Å². The van der Waals surface area contributed by atoms with Crippen LogP contribution in [0.25, 0.3) is 11.5 Å². The van der Waals surface area contributed by atoms with Crippen molar-refractivity contribution in [2.75, 3.05) is 0 Å². The zero-order valence-electron chi connectivity index (χ0n) is 10.4. The first kappa shape index (κ1) is 12.7. The molecule has 19 heavy (non-hydrogen) atoms. The Kier molecular flexibility index (Phi) is 3.51. The lowest BCUT2D eigenvalue weighted by Gasteiger charge is -2.05. The van der Waals surface area contributed by atoms with Crippen molar-refractivity contribution >= 4 is 18.2 Å². The number of hydrogen-bond donors (Lipinski definition) is 0. The van der Waals surface area contributed by atoms with Crippen molar-refractivity contribution in [1.29, 1.82) is 0 Å². The van der Waals surface area contributed by atoms with E-state index in [1.165, 1.54) is 16.7 Å². The minimum Gasteiger partial charge on any atom is -0.252 e. The Morgan fingerprint density at radius 2 is 2.21 bits per heavy atom. The average molecular weight is 256 g/mol. The van der Waals surface area contributed by atoms with Crippen LogP contribution in [-0.2, 0) is 0 Å². The summed E-state index contributed by atoms with van der Waals surface area (Å²) >= 11 is 0. The normalized spacial score (nSPS) is 12.2. The van der Waals surface area contributed by atoms with Crippen LogP contribution in [0.3, 0.4) is 0 Å². The topological polar surface area (TPSA) is 68.7 Å². The van der Waals surface area contributed by atoms with Crippen molar-refractivity contribution in [3.05, 3.63) is 63.6 Å². The van der Waals surface area contributed by atoms with E-state index in [9.17, 15) is 9.59 Å². The molecule has 2 heterocycles. The SMILES string of the molecule is C=N/C(=C\C=C/C)n1c(=O)nc2ccccn2c1=O. The van der Waals surface area contributed by atoms with E-state index >= 15 is 0 Å². The Bertz CT molecular complexity index is 796. The predicted octanol–water partition coefficient (Wildman–Crippen LogP) is 0.931. The molecule has 96 valence electrons. The Hall–Kier alpha value is -2.76. The van der Waals surface area contributed by atoms with Crippen LogP contribution in [0.2, 0.25) is 0 Å². The molecule has 2 rings (SSSR count). The van der Waals surface area contributed by atoms with Gasteiger partial charge in [0.05, 0.1) is 0 Å². The van der Waals surface area contributed by atoms with E-state index in [0.29, 0.717) is 5.65 Å². The lowest BCUT2D eigenvalue weighted by atomic mass is 10.4. The second-order valence-electron chi connectivity index (χ2n) is 3.65. The summed E-state index contributed by atoms with van der Waals surface area (Å²) in [5.41, 5.74) is -0.915. The van der Waals surface area contributed by atoms with Gasteiger partial charge in [-0.25, -0.2) is 14.6 Å². The van der Waals surface area contributed by atoms with Gasteiger partial charge in [-0.2, -0.15) is 9.55 Å². The molecule has 2 aromatic heterocycles. The van der Waals surface area contributed by atoms with E-state index in [2.05, 4.69) is 16.7 Å². The summed E-state index contributed by atoms with van der Waals surface area (Å²) in [6.45, 7) is 5.18. The summed E-state index contributed by atoms with van der Waals surface area (Å²) in [5, 5.41) is 0. The van der Waals surface area contributed by atoms with Crippen LogP contribution in [-0.4, -0.2) is 20.7 Å². The molecule has 0 aliphatic heterocycles. The van der Waals surface area contributed by atoms with Gasteiger partial charge in [0.1, 0.15) is 11.5 Å². The quantitative estimate of drug-likeness (QED) is 0.606. The average Bonchev–Trinajstić information content (AvgIpc) is 2.42. The fourth-order valence-electron chi connectivity index (χ4n) is 1.60. The standard InChI is InChI=1S/C13H12N4O2/c1-3-4-7-10(14-2)17-12(18)15-11-8-5-6-9-16(11)13(17)19/h3-9H,2H2,1H3/b4-3-,10-7+. The highest BCUT2D eigenvalue weighted by Gasteiger charge is 2.09. The zero-order valence-corrected chi connectivity index (χ0v) is 10.4. The Morgan fingerprint density at radius 3 is 2.89 bits per heavy atom. The van der Waals surface area contributed by atoms with Gasteiger partial charge < -0.3 is 0 Å². The maximum atomic E-state index is 12.2. The first-order chi connectivity index (χ1) is 9.19. The van der Waals surface area contributed by atoms with Gasteiger partial charge in [0.25, 0.3) is 0 Å². The molecule has 0 saturated carbocycles. The number of allylic oxidation sites excluding steroid dienone is 3. The second kappa shape index (κ2) is 5.26. The third-order valence-electron chi connectivity index (χ3n) is 2.47. The molecule has 0 radical (unpaired) electrons. The number of nitrogens with zero attached hydrogens (tertiary/aromatic N) is 4. The highest BCUT2D eigenvalue weighted by molar-refractivity contribution is 5.53. The number of fused-ring (bicyclic) bond motifs is 1. The number of aliphatic imine (C=N–C) groups is 1. The number of pyridine rings is 1. The van der Waals surface area contributed by atoms with Gasteiger partial charge in [-0.1, -0.05) is 18.2 Å². The smallest absolute Gasteiger partial charge is 0.252 e. The van der Waals surface area contributed by atoms with Crippen molar-refractivity contribution < 1.29 is 0 Å². The minimum atomic E-state index is -0.681. The fourth-order valence-corrected chi connectivity index (χ4v) is 1.60. The van der Waals surface area contributed by atoms with Crippen LogP contribution >= 0.6 is 0 Å². The van der Waals surface area contributed by atoms with Gasteiger partial charge in [-0.15, -0.1) is 0 Å². The number of hydrogen-bond acceptors (Lipinski definition) is 4.